The van der Waals surface area contributed by atoms with Crippen LogP contribution in [0.25, 0.3) is 0 Å². The summed E-state index contributed by atoms with van der Waals surface area (Å²) in [7, 11) is 0. The molecule has 0 spiro atoms. The highest BCUT2D eigenvalue weighted by molar-refractivity contribution is 5.73. The number of pyridine rings is 2. The van der Waals surface area contributed by atoms with Crippen molar-refractivity contribution in [3.63, 3.8) is 0 Å². The number of nitrogens with zero attached hydrogens (tertiary/aromatic N) is 3. The van der Waals surface area contributed by atoms with Crippen molar-refractivity contribution in [1.82, 2.24) is 14.9 Å². The number of ether oxygens (including phenoxy) is 2. The summed E-state index contributed by atoms with van der Waals surface area (Å²) < 4.78 is 75.7. The molecule has 0 bridgehead atoms. The summed E-state index contributed by atoms with van der Waals surface area (Å²) in [5.74, 6) is -5.51. The summed E-state index contributed by atoms with van der Waals surface area (Å²) in [4.78, 5) is 28.7. The number of carboxylic acid groups (broad SMARTS) is 2. The highest BCUT2D eigenvalue weighted by Gasteiger charge is 2.44. The third-order valence-electron chi connectivity index (χ3n) is 5.36. The number of hydrogen-bond donors (Lipinski definition) is 2. The number of carbonyl (C=O) groups is 2. The molecule has 0 aliphatic carbocycles. The van der Waals surface area contributed by atoms with Crippen molar-refractivity contribution >= 4 is 11.9 Å². The molecule has 15 heteroatoms. The van der Waals surface area contributed by atoms with Crippen LogP contribution in [0.15, 0.2) is 49.1 Å². The number of fused-ring (bicyclic) bond motifs is 1. The molecule has 0 radical (unpaired) electrons. The molecule has 2 aliphatic heterocycles. The summed E-state index contributed by atoms with van der Waals surface area (Å²) in [6.07, 6.45) is -0.157. The number of rotatable bonds is 5. The number of hydrogen-bond acceptors (Lipinski definition) is 7. The molecule has 210 valence electrons. The van der Waals surface area contributed by atoms with E-state index < -0.39 is 24.3 Å². The minimum atomic E-state index is -5.08. The van der Waals surface area contributed by atoms with E-state index in [-0.39, 0.29) is 12.2 Å². The van der Waals surface area contributed by atoms with E-state index >= 15 is 0 Å². The molecular formula is C23H25F6N3O6. The van der Waals surface area contributed by atoms with E-state index in [0.29, 0.717) is 12.6 Å². The van der Waals surface area contributed by atoms with Crippen molar-refractivity contribution in [1.29, 1.82) is 0 Å². The molecule has 2 aromatic heterocycles. The van der Waals surface area contributed by atoms with Gasteiger partial charge in [0.05, 0.1) is 12.7 Å². The third-order valence-corrected chi connectivity index (χ3v) is 5.36. The van der Waals surface area contributed by atoms with Gasteiger partial charge in [0.2, 0.25) is 0 Å². The number of likely N-dealkylation sites (tertiary alicyclic amines) is 1. The quantitative estimate of drug-likeness (QED) is 0.534. The van der Waals surface area contributed by atoms with Crippen molar-refractivity contribution in [3.05, 3.63) is 60.2 Å². The van der Waals surface area contributed by atoms with Crippen molar-refractivity contribution in [2.45, 2.75) is 56.6 Å². The van der Waals surface area contributed by atoms with E-state index in [9.17, 15) is 26.3 Å². The van der Waals surface area contributed by atoms with Crippen molar-refractivity contribution < 1.29 is 55.6 Å². The highest BCUT2D eigenvalue weighted by atomic mass is 19.4. The Morgan fingerprint density at radius 3 is 1.97 bits per heavy atom. The molecule has 9 nitrogen and oxygen atoms in total. The van der Waals surface area contributed by atoms with Gasteiger partial charge in [-0.3, -0.25) is 14.9 Å². The number of aromatic nitrogens is 2. The van der Waals surface area contributed by atoms with E-state index in [1.807, 2.05) is 30.7 Å². The molecule has 0 saturated carbocycles. The molecule has 3 atom stereocenters. The van der Waals surface area contributed by atoms with Crippen molar-refractivity contribution in [2.24, 2.45) is 0 Å². The zero-order valence-corrected chi connectivity index (χ0v) is 19.7. The molecule has 0 aromatic carbocycles. The van der Waals surface area contributed by atoms with Crippen LogP contribution in [0, 0.1) is 0 Å². The van der Waals surface area contributed by atoms with Gasteiger partial charge in [0.15, 0.2) is 0 Å². The van der Waals surface area contributed by atoms with Crippen LogP contribution < -0.4 is 0 Å². The van der Waals surface area contributed by atoms with Crippen LogP contribution in [-0.4, -0.2) is 80.8 Å². The van der Waals surface area contributed by atoms with Crippen LogP contribution in [0.2, 0.25) is 0 Å². The standard InChI is InChI=1S/C19H23N3O2.2C2HF3O2/c1-4-15(10-20-7-1)12-22-13-18(19-17(22)6-3-9-23-19)24-14-16-5-2-8-21-11-16;2*3-2(4,5)1(6)7/h1-2,4-5,7-8,10-11,17-19H,3,6,9,12-14H2;2*(H,6,7)/t17-,18+,19-;;/m0../s1. The highest BCUT2D eigenvalue weighted by Crippen LogP contribution is 2.32. The number of alkyl halides is 6. The Labute approximate surface area is 213 Å². The van der Waals surface area contributed by atoms with Gasteiger partial charge in [0.25, 0.3) is 0 Å². The van der Waals surface area contributed by atoms with Gasteiger partial charge in [-0.05, 0) is 36.1 Å². The van der Waals surface area contributed by atoms with Gasteiger partial charge >= 0.3 is 24.3 Å². The van der Waals surface area contributed by atoms with Crippen LogP contribution in [0.1, 0.15) is 24.0 Å². The molecule has 4 heterocycles. The third kappa shape index (κ3) is 10.2. The van der Waals surface area contributed by atoms with Gasteiger partial charge in [-0.25, -0.2) is 9.59 Å². The van der Waals surface area contributed by atoms with Crippen LogP contribution >= 0.6 is 0 Å². The Bertz CT molecular complexity index is 986. The summed E-state index contributed by atoms with van der Waals surface area (Å²) in [5, 5.41) is 14.2. The summed E-state index contributed by atoms with van der Waals surface area (Å²) in [6.45, 7) is 3.25. The van der Waals surface area contributed by atoms with Gasteiger partial charge < -0.3 is 19.7 Å². The van der Waals surface area contributed by atoms with E-state index in [1.165, 1.54) is 12.0 Å². The molecule has 2 N–H and O–H groups in total. The smallest absolute Gasteiger partial charge is 0.475 e. The van der Waals surface area contributed by atoms with Crippen molar-refractivity contribution in [3.8, 4) is 0 Å². The summed E-state index contributed by atoms with van der Waals surface area (Å²) in [6, 6.07) is 8.57. The average molecular weight is 553 g/mol. The van der Waals surface area contributed by atoms with Crippen LogP contribution in [0.4, 0.5) is 26.3 Å². The van der Waals surface area contributed by atoms with Gasteiger partial charge in [-0.2, -0.15) is 26.3 Å². The first-order valence-corrected chi connectivity index (χ1v) is 11.1. The fourth-order valence-corrected chi connectivity index (χ4v) is 3.75. The van der Waals surface area contributed by atoms with E-state index in [4.69, 9.17) is 29.3 Å². The van der Waals surface area contributed by atoms with Gasteiger partial charge in [-0.15, -0.1) is 0 Å². The second-order valence-corrected chi connectivity index (χ2v) is 8.15. The largest absolute Gasteiger partial charge is 0.490 e. The number of carboxylic acids is 2. The molecule has 2 fully saturated rings. The lowest BCUT2D eigenvalue weighted by molar-refractivity contribution is -0.193. The summed E-state index contributed by atoms with van der Waals surface area (Å²) in [5.41, 5.74) is 2.35. The zero-order valence-electron chi connectivity index (χ0n) is 19.7. The molecule has 2 saturated heterocycles. The first kappa shape index (κ1) is 30.9. The Morgan fingerprint density at radius 1 is 0.974 bits per heavy atom. The van der Waals surface area contributed by atoms with E-state index in [1.54, 1.807) is 6.20 Å². The molecule has 0 unspecified atom stereocenters. The topological polar surface area (TPSA) is 122 Å². The molecule has 2 aliphatic rings. The normalized spacial score (nSPS) is 21.3. The predicted octanol–water partition coefficient (Wildman–Crippen LogP) is 3.69. The first-order chi connectivity index (χ1) is 17.8. The van der Waals surface area contributed by atoms with Crippen LogP contribution in [0.5, 0.6) is 0 Å². The average Bonchev–Trinajstić information content (AvgIpc) is 3.21. The molecule has 38 heavy (non-hydrogen) atoms. The first-order valence-electron chi connectivity index (χ1n) is 11.1. The Hall–Kier alpha value is -3.30. The van der Waals surface area contributed by atoms with E-state index in [0.717, 1.165) is 31.7 Å². The van der Waals surface area contributed by atoms with Gasteiger partial charge in [-0.1, -0.05) is 12.1 Å². The predicted molar refractivity (Wildman–Crippen MR) is 118 cm³/mol. The minimum absolute atomic E-state index is 0.118. The van der Waals surface area contributed by atoms with Gasteiger partial charge in [0, 0.05) is 50.5 Å². The van der Waals surface area contributed by atoms with E-state index in [2.05, 4.69) is 27.0 Å². The number of halogens is 6. The van der Waals surface area contributed by atoms with Crippen LogP contribution in [0.3, 0.4) is 0 Å². The lowest BCUT2D eigenvalue weighted by atomic mass is 10.0. The fourth-order valence-electron chi connectivity index (χ4n) is 3.75. The zero-order chi connectivity index (χ0) is 28.3. The maximum atomic E-state index is 10.6. The fraction of sp³-hybridized carbons (Fsp3) is 0.478. The van der Waals surface area contributed by atoms with Crippen molar-refractivity contribution in [2.75, 3.05) is 13.2 Å². The SMILES string of the molecule is O=C(O)C(F)(F)F.O=C(O)C(F)(F)F.c1cncc(CO[C@@H]2CN(Cc3cccnc3)[C@H]3CCCO[C@H]23)c1. The molecular weight excluding hydrogens is 528 g/mol. The summed E-state index contributed by atoms with van der Waals surface area (Å²) >= 11 is 0. The second-order valence-electron chi connectivity index (χ2n) is 8.15. The monoisotopic (exact) mass is 553 g/mol. The van der Waals surface area contributed by atoms with Gasteiger partial charge in [0.1, 0.15) is 6.10 Å². The maximum absolute atomic E-state index is 10.6. The Balaban J connectivity index is 0.000000301. The Kier molecular flexibility index (Phi) is 11.4. The Morgan fingerprint density at radius 2 is 1.50 bits per heavy atom. The lowest BCUT2D eigenvalue weighted by Crippen LogP contribution is -2.41. The lowest BCUT2D eigenvalue weighted by Gasteiger charge is -2.32. The minimum Gasteiger partial charge on any atom is -0.475 e. The second kappa shape index (κ2) is 14.0. The number of aliphatic carboxylic acids is 2. The molecule has 4 rings (SSSR count). The maximum Gasteiger partial charge on any atom is 0.490 e. The molecule has 2 aromatic rings. The van der Waals surface area contributed by atoms with Crippen LogP contribution in [-0.2, 0) is 32.2 Å². The molecule has 0 amide bonds.